The number of hydrogen-bond acceptors (Lipinski definition) is 3. The van der Waals surface area contributed by atoms with Crippen molar-refractivity contribution in [2.24, 2.45) is 0 Å². The molecule has 0 aliphatic rings. The molecule has 0 aromatic heterocycles. The normalized spacial score (nSPS) is 9.95. The molecule has 0 spiro atoms. The minimum atomic E-state index is -1.07. The number of benzene rings is 1. The molecule has 0 saturated heterocycles. The average Bonchev–Trinajstić information content (AvgIpc) is 2.37. The van der Waals surface area contributed by atoms with Crippen molar-refractivity contribution < 1.29 is 14.7 Å². The van der Waals surface area contributed by atoms with Gasteiger partial charge in [0.25, 0.3) is 0 Å². The van der Waals surface area contributed by atoms with Crippen LogP contribution < -0.4 is 10.6 Å². The second-order valence-electron chi connectivity index (χ2n) is 3.80. The number of hydrogen-bond donors (Lipinski definition) is 3. The van der Waals surface area contributed by atoms with Crippen molar-refractivity contribution >= 4 is 29.2 Å². The Balaban J connectivity index is 2.60. The van der Waals surface area contributed by atoms with Gasteiger partial charge in [-0.3, -0.25) is 4.79 Å². The van der Waals surface area contributed by atoms with Gasteiger partial charge < -0.3 is 15.7 Å². The third-order valence-electron chi connectivity index (χ3n) is 2.30. The van der Waals surface area contributed by atoms with E-state index in [1.807, 2.05) is 0 Å². The Labute approximate surface area is 116 Å². The molecule has 0 radical (unpaired) electrons. The van der Waals surface area contributed by atoms with Crippen LogP contribution in [0.15, 0.2) is 30.9 Å². The summed E-state index contributed by atoms with van der Waals surface area (Å²) < 4.78 is 0. The van der Waals surface area contributed by atoms with E-state index in [4.69, 9.17) is 16.7 Å². The lowest BCUT2D eigenvalue weighted by Gasteiger charge is -2.08. The van der Waals surface area contributed by atoms with Gasteiger partial charge in [-0.1, -0.05) is 17.7 Å². The van der Waals surface area contributed by atoms with Crippen LogP contribution in [0.3, 0.4) is 0 Å². The van der Waals surface area contributed by atoms with Gasteiger partial charge in [0, 0.05) is 0 Å². The fraction of sp³-hybridized carbons (Fsp3) is 0.231. The number of anilines is 1. The van der Waals surface area contributed by atoms with Gasteiger partial charge in [-0.05, 0) is 31.2 Å². The fourth-order valence-electron chi connectivity index (χ4n) is 1.35. The first-order valence-corrected chi connectivity index (χ1v) is 6.06. The lowest BCUT2D eigenvalue weighted by molar-refractivity contribution is -0.115. The van der Waals surface area contributed by atoms with Crippen molar-refractivity contribution in [1.82, 2.24) is 5.32 Å². The Kier molecular flexibility index (Phi) is 6.05. The summed E-state index contributed by atoms with van der Waals surface area (Å²) in [6, 6.07) is 4.14. The maximum atomic E-state index is 11.6. The highest BCUT2D eigenvalue weighted by molar-refractivity contribution is 6.33. The molecule has 6 heteroatoms. The van der Waals surface area contributed by atoms with Gasteiger partial charge >= 0.3 is 5.97 Å². The molecule has 102 valence electrons. The van der Waals surface area contributed by atoms with Crippen molar-refractivity contribution in [3.8, 4) is 0 Å². The molecule has 1 amide bonds. The van der Waals surface area contributed by atoms with Gasteiger partial charge in [-0.25, -0.2) is 4.79 Å². The molecule has 3 N–H and O–H groups in total. The Morgan fingerprint density at radius 1 is 1.42 bits per heavy atom. The maximum Gasteiger partial charge on any atom is 0.335 e. The summed E-state index contributed by atoms with van der Waals surface area (Å²) in [7, 11) is 0. The standard InChI is InChI=1S/C13H15ClN2O3/c1-2-3-6-15-8-12(17)16-11-7-9(13(18)19)4-5-10(11)14/h2,4-5,7,15H,1,3,6,8H2,(H,16,17)(H,18,19). The number of carbonyl (C=O) groups is 2. The van der Waals surface area contributed by atoms with Crippen molar-refractivity contribution in [2.45, 2.75) is 6.42 Å². The number of carbonyl (C=O) groups excluding carboxylic acids is 1. The summed E-state index contributed by atoms with van der Waals surface area (Å²) in [5.41, 5.74) is 0.358. The van der Waals surface area contributed by atoms with E-state index in [0.29, 0.717) is 11.6 Å². The highest BCUT2D eigenvalue weighted by Crippen LogP contribution is 2.22. The van der Waals surface area contributed by atoms with Crippen LogP contribution in [-0.4, -0.2) is 30.1 Å². The number of amides is 1. The lowest BCUT2D eigenvalue weighted by Crippen LogP contribution is -2.28. The maximum absolute atomic E-state index is 11.6. The van der Waals surface area contributed by atoms with Crippen LogP contribution in [0, 0.1) is 0 Å². The molecular formula is C13H15ClN2O3. The third kappa shape index (κ3) is 5.11. The van der Waals surface area contributed by atoms with E-state index in [9.17, 15) is 9.59 Å². The molecule has 0 atom stereocenters. The Hall–Kier alpha value is -1.85. The topological polar surface area (TPSA) is 78.4 Å². The van der Waals surface area contributed by atoms with Crippen LogP contribution in [-0.2, 0) is 4.79 Å². The molecule has 0 aliphatic heterocycles. The molecule has 0 bridgehead atoms. The van der Waals surface area contributed by atoms with Crippen LogP contribution in [0.2, 0.25) is 5.02 Å². The molecule has 5 nitrogen and oxygen atoms in total. The first kappa shape index (κ1) is 15.2. The quantitative estimate of drug-likeness (QED) is 0.529. The van der Waals surface area contributed by atoms with E-state index < -0.39 is 5.97 Å². The monoisotopic (exact) mass is 282 g/mol. The zero-order valence-electron chi connectivity index (χ0n) is 10.3. The lowest BCUT2D eigenvalue weighted by atomic mass is 10.2. The molecule has 0 aliphatic carbocycles. The zero-order chi connectivity index (χ0) is 14.3. The number of nitrogens with one attached hydrogen (secondary N) is 2. The summed E-state index contributed by atoms with van der Waals surface area (Å²) in [6.45, 7) is 4.35. The van der Waals surface area contributed by atoms with Crippen LogP contribution in [0.4, 0.5) is 5.69 Å². The smallest absolute Gasteiger partial charge is 0.335 e. The van der Waals surface area contributed by atoms with Crippen LogP contribution in [0.5, 0.6) is 0 Å². The van der Waals surface area contributed by atoms with Crippen molar-refractivity contribution in [2.75, 3.05) is 18.4 Å². The SMILES string of the molecule is C=CCCNCC(=O)Nc1cc(C(=O)O)ccc1Cl. The van der Waals surface area contributed by atoms with E-state index in [1.165, 1.54) is 18.2 Å². The van der Waals surface area contributed by atoms with Gasteiger partial charge in [0.2, 0.25) is 5.91 Å². The third-order valence-corrected chi connectivity index (χ3v) is 2.63. The van der Waals surface area contributed by atoms with Gasteiger partial charge in [-0.2, -0.15) is 0 Å². The zero-order valence-corrected chi connectivity index (χ0v) is 11.0. The molecular weight excluding hydrogens is 268 g/mol. The number of carboxylic acid groups (broad SMARTS) is 1. The fourth-order valence-corrected chi connectivity index (χ4v) is 1.52. The predicted octanol–water partition coefficient (Wildman–Crippen LogP) is 2.14. The second-order valence-corrected chi connectivity index (χ2v) is 4.21. The van der Waals surface area contributed by atoms with Crippen LogP contribution >= 0.6 is 11.6 Å². The van der Waals surface area contributed by atoms with Gasteiger partial charge in [0.15, 0.2) is 0 Å². The first-order chi connectivity index (χ1) is 9.04. The van der Waals surface area contributed by atoms with E-state index in [-0.39, 0.29) is 23.7 Å². The molecule has 0 heterocycles. The molecule has 19 heavy (non-hydrogen) atoms. The van der Waals surface area contributed by atoms with Crippen molar-refractivity contribution in [1.29, 1.82) is 0 Å². The molecule has 0 unspecified atom stereocenters. The highest BCUT2D eigenvalue weighted by Gasteiger charge is 2.09. The minimum Gasteiger partial charge on any atom is -0.478 e. The molecule has 0 fully saturated rings. The van der Waals surface area contributed by atoms with Crippen molar-refractivity contribution in [3.05, 3.63) is 41.4 Å². The summed E-state index contributed by atoms with van der Waals surface area (Å²) >= 11 is 5.89. The van der Waals surface area contributed by atoms with Gasteiger partial charge in [0.05, 0.1) is 22.8 Å². The minimum absolute atomic E-state index is 0.0688. The van der Waals surface area contributed by atoms with Crippen LogP contribution in [0.25, 0.3) is 0 Å². The molecule has 0 saturated carbocycles. The summed E-state index contributed by atoms with van der Waals surface area (Å²) in [6.07, 6.45) is 2.51. The number of rotatable bonds is 7. The number of halogens is 1. The Morgan fingerprint density at radius 2 is 2.16 bits per heavy atom. The van der Waals surface area contributed by atoms with E-state index in [2.05, 4.69) is 17.2 Å². The largest absolute Gasteiger partial charge is 0.478 e. The molecule has 1 aromatic carbocycles. The average molecular weight is 283 g/mol. The number of aromatic carboxylic acids is 1. The first-order valence-electron chi connectivity index (χ1n) is 5.69. The Bertz CT molecular complexity index is 489. The van der Waals surface area contributed by atoms with Gasteiger partial charge in [0.1, 0.15) is 0 Å². The van der Waals surface area contributed by atoms with E-state index >= 15 is 0 Å². The highest BCUT2D eigenvalue weighted by atomic mass is 35.5. The molecule has 1 aromatic rings. The second kappa shape index (κ2) is 7.56. The molecule has 1 rings (SSSR count). The number of carboxylic acids is 1. The predicted molar refractivity (Wildman–Crippen MR) is 74.7 cm³/mol. The summed E-state index contributed by atoms with van der Waals surface area (Å²) in [5, 5.41) is 14.6. The summed E-state index contributed by atoms with van der Waals surface area (Å²) in [4.78, 5) is 22.4. The Morgan fingerprint density at radius 3 is 2.79 bits per heavy atom. The summed E-state index contributed by atoms with van der Waals surface area (Å²) in [5.74, 6) is -1.36. The van der Waals surface area contributed by atoms with Crippen molar-refractivity contribution in [3.63, 3.8) is 0 Å². The van der Waals surface area contributed by atoms with E-state index in [0.717, 1.165) is 6.42 Å². The van der Waals surface area contributed by atoms with Gasteiger partial charge in [-0.15, -0.1) is 6.58 Å². The van der Waals surface area contributed by atoms with Crippen LogP contribution in [0.1, 0.15) is 16.8 Å². The van der Waals surface area contributed by atoms with E-state index in [1.54, 1.807) is 6.08 Å².